The maximum absolute atomic E-state index is 11.9. The second-order valence-corrected chi connectivity index (χ2v) is 4.39. The molecule has 2 aromatic rings. The van der Waals surface area contributed by atoms with E-state index >= 15 is 0 Å². The summed E-state index contributed by atoms with van der Waals surface area (Å²) in [7, 11) is 0. The smallest absolute Gasteiger partial charge is 0.296 e. The Morgan fingerprint density at radius 3 is 2.76 bits per heavy atom. The monoisotopic (exact) mass is 231 g/mol. The molecule has 6 heteroatoms. The van der Waals surface area contributed by atoms with Gasteiger partial charge in [0.1, 0.15) is 5.69 Å². The van der Waals surface area contributed by atoms with E-state index < -0.39 is 0 Å². The van der Waals surface area contributed by atoms with Crippen LogP contribution in [-0.2, 0) is 0 Å². The van der Waals surface area contributed by atoms with Crippen molar-refractivity contribution >= 4 is 5.69 Å². The quantitative estimate of drug-likeness (QED) is 0.797. The Labute approximate surface area is 97.5 Å². The molecule has 88 valence electrons. The highest BCUT2D eigenvalue weighted by atomic mass is 16.1. The largest absolute Gasteiger partial charge is 0.393 e. The van der Waals surface area contributed by atoms with E-state index in [4.69, 9.17) is 5.73 Å². The van der Waals surface area contributed by atoms with Crippen molar-refractivity contribution in [1.29, 1.82) is 0 Å². The summed E-state index contributed by atoms with van der Waals surface area (Å²) in [5, 5.41) is 10.9. The lowest BCUT2D eigenvalue weighted by Gasteiger charge is -1.99. The van der Waals surface area contributed by atoms with E-state index in [9.17, 15) is 4.79 Å². The number of aromatic nitrogens is 4. The minimum Gasteiger partial charge on any atom is -0.393 e. The topological polar surface area (TPSA) is 89.6 Å². The van der Waals surface area contributed by atoms with Crippen LogP contribution in [0.2, 0.25) is 0 Å². The molecule has 1 saturated carbocycles. The lowest BCUT2D eigenvalue weighted by Crippen LogP contribution is -2.18. The number of rotatable bonds is 2. The van der Waals surface area contributed by atoms with Crippen molar-refractivity contribution in [3.8, 4) is 5.82 Å². The number of aromatic amines is 1. The maximum atomic E-state index is 11.9. The van der Waals surface area contributed by atoms with E-state index in [-0.39, 0.29) is 5.56 Å². The number of anilines is 1. The lowest BCUT2D eigenvalue weighted by molar-refractivity contribution is 0.766. The summed E-state index contributed by atoms with van der Waals surface area (Å²) >= 11 is 0. The zero-order chi connectivity index (χ0) is 12.0. The van der Waals surface area contributed by atoms with Gasteiger partial charge in [-0.3, -0.25) is 9.89 Å². The Balaban J connectivity index is 2.11. The van der Waals surface area contributed by atoms with Gasteiger partial charge in [-0.25, -0.2) is 0 Å². The minimum absolute atomic E-state index is 0.245. The molecule has 0 aromatic carbocycles. The molecule has 1 fully saturated rings. The predicted octanol–water partition coefficient (Wildman–Crippen LogP) is 0.724. The molecular formula is C11H13N5O. The number of nitrogens with one attached hydrogen (secondary N) is 1. The van der Waals surface area contributed by atoms with Gasteiger partial charge < -0.3 is 5.73 Å². The Hall–Kier alpha value is -2.11. The van der Waals surface area contributed by atoms with Crippen LogP contribution in [0.1, 0.15) is 30.1 Å². The highest BCUT2D eigenvalue weighted by molar-refractivity contribution is 5.46. The van der Waals surface area contributed by atoms with Crippen LogP contribution in [0.15, 0.2) is 16.9 Å². The third-order valence-electron chi connectivity index (χ3n) is 2.95. The molecule has 0 saturated heterocycles. The average molecular weight is 231 g/mol. The average Bonchev–Trinajstić information content (AvgIpc) is 3.11. The van der Waals surface area contributed by atoms with Gasteiger partial charge in [-0.2, -0.15) is 9.78 Å². The number of aryl methyl sites for hydroxylation is 1. The minimum atomic E-state index is -0.245. The van der Waals surface area contributed by atoms with E-state index in [0.29, 0.717) is 17.4 Å². The fraction of sp³-hybridized carbons (Fsp3) is 0.364. The molecule has 17 heavy (non-hydrogen) atoms. The fourth-order valence-electron chi connectivity index (χ4n) is 1.82. The highest BCUT2D eigenvalue weighted by Crippen LogP contribution is 2.40. The molecular weight excluding hydrogens is 218 g/mol. The Morgan fingerprint density at radius 2 is 2.18 bits per heavy atom. The van der Waals surface area contributed by atoms with Gasteiger partial charge in [0.2, 0.25) is 0 Å². The molecule has 0 aliphatic heterocycles. The van der Waals surface area contributed by atoms with E-state index in [2.05, 4.69) is 15.3 Å². The van der Waals surface area contributed by atoms with Gasteiger partial charge in [0, 0.05) is 5.92 Å². The molecule has 2 heterocycles. The second kappa shape index (κ2) is 3.44. The molecule has 0 unspecified atom stereocenters. The lowest BCUT2D eigenvalue weighted by atomic mass is 10.3. The van der Waals surface area contributed by atoms with Crippen LogP contribution in [0.4, 0.5) is 5.69 Å². The van der Waals surface area contributed by atoms with Crippen LogP contribution in [0, 0.1) is 6.92 Å². The summed E-state index contributed by atoms with van der Waals surface area (Å²) in [6, 6.07) is 3.55. The third kappa shape index (κ3) is 1.61. The maximum Gasteiger partial charge on any atom is 0.296 e. The zero-order valence-electron chi connectivity index (χ0n) is 9.47. The number of nitrogens with zero attached hydrogens (tertiary/aromatic N) is 3. The first-order valence-corrected chi connectivity index (χ1v) is 5.58. The van der Waals surface area contributed by atoms with Gasteiger partial charge in [-0.15, -0.1) is 5.10 Å². The number of nitrogens with two attached hydrogens (primary N) is 1. The Morgan fingerprint density at radius 1 is 1.41 bits per heavy atom. The van der Waals surface area contributed by atoms with Crippen LogP contribution in [0.3, 0.4) is 0 Å². The molecule has 1 aliphatic carbocycles. The predicted molar refractivity (Wildman–Crippen MR) is 63.1 cm³/mol. The zero-order valence-corrected chi connectivity index (χ0v) is 9.47. The Kier molecular flexibility index (Phi) is 2.04. The summed E-state index contributed by atoms with van der Waals surface area (Å²) in [5.41, 5.74) is 7.49. The van der Waals surface area contributed by atoms with E-state index in [0.717, 1.165) is 24.2 Å². The van der Waals surface area contributed by atoms with Crippen molar-refractivity contribution in [2.45, 2.75) is 25.7 Å². The normalized spacial score (nSPS) is 15.1. The van der Waals surface area contributed by atoms with Crippen molar-refractivity contribution in [2.75, 3.05) is 5.73 Å². The molecule has 6 nitrogen and oxygen atoms in total. The van der Waals surface area contributed by atoms with Crippen molar-refractivity contribution in [3.63, 3.8) is 0 Å². The summed E-state index contributed by atoms with van der Waals surface area (Å²) in [6.07, 6.45) is 2.17. The van der Waals surface area contributed by atoms with Crippen molar-refractivity contribution in [3.05, 3.63) is 33.9 Å². The summed E-state index contributed by atoms with van der Waals surface area (Å²) in [6.45, 7) is 1.85. The fourth-order valence-corrected chi connectivity index (χ4v) is 1.82. The van der Waals surface area contributed by atoms with Crippen molar-refractivity contribution < 1.29 is 0 Å². The van der Waals surface area contributed by atoms with Gasteiger partial charge in [-0.1, -0.05) is 0 Å². The van der Waals surface area contributed by atoms with Crippen molar-refractivity contribution in [1.82, 2.24) is 20.0 Å². The van der Waals surface area contributed by atoms with Crippen LogP contribution in [0.25, 0.3) is 5.82 Å². The van der Waals surface area contributed by atoms with Gasteiger partial charge >= 0.3 is 0 Å². The standard InChI is InChI=1S/C11H13N5O/c1-6-2-5-8(14-13-6)16-11(17)9(12)10(15-16)7-3-4-7/h2,5,7,15H,3-4,12H2,1H3. The number of nitrogen functional groups attached to an aromatic ring is 1. The van der Waals surface area contributed by atoms with Crippen molar-refractivity contribution in [2.24, 2.45) is 0 Å². The molecule has 2 aromatic heterocycles. The number of hydrogen-bond donors (Lipinski definition) is 2. The summed E-state index contributed by atoms with van der Waals surface area (Å²) in [5.74, 6) is 0.876. The first kappa shape index (κ1) is 10.1. The van der Waals surface area contributed by atoms with Gasteiger partial charge in [-0.05, 0) is 31.9 Å². The van der Waals surface area contributed by atoms with E-state index in [1.54, 1.807) is 6.07 Å². The SMILES string of the molecule is Cc1ccc(-n2[nH]c(C3CC3)c(N)c2=O)nn1. The van der Waals surface area contributed by atoms with Crippen LogP contribution in [-0.4, -0.2) is 20.0 Å². The molecule has 1 aliphatic rings. The molecule has 0 spiro atoms. The highest BCUT2D eigenvalue weighted by Gasteiger charge is 2.29. The molecule has 0 radical (unpaired) electrons. The summed E-state index contributed by atoms with van der Waals surface area (Å²) < 4.78 is 1.36. The first-order valence-electron chi connectivity index (χ1n) is 5.58. The molecule has 0 amide bonds. The van der Waals surface area contributed by atoms with E-state index in [1.165, 1.54) is 4.68 Å². The third-order valence-corrected chi connectivity index (χ3v) is 2.95. The molecule has 0 atom stereocenters. The molecule has 3 rings (SSSR count). The van der Waals surface area contributed by atoms with Crippen LogP contribution in [0.5, 0.6) is 0 Å². The van der Waals surface area contributed by atoms with Gasteiger partial charge in [0.05, 0.1) is 11.4 Å². The summed E-state index contributed by atoms with van der Waals surface area (Å²) in [4.78, 5) is 11.9. The number of H-pyrrole nitrogens is 1. The second-order valence-electron chi connectivity index (χ2n) is 4.39. The number of hydrogen-bond acceptors (Lipinski definition) is 4. The first-order chi connectivity index (χ1) is 8.16. The van der Waals surface area contributed by atoms with E-state index in [1.807, 2.05) is 13.0 Å². The van der Waals surface area contributed by atoms with Crippen LogP contribution >= 0.6 is 0 Å². The Bertz CT molecular complexity index is 606. The van der Waals surface area contributed by atoms with Crippen LogP contribution < -0.4 is 11.3 Å². The molecule has 3 N–H and O–H groups in total. The molecule has 0 bridgehead atoms. The van der Waals surface area contributed by atoms with Gasteiger partial charge in [0.25, 0.3) is 5.56 Å². The van der Waals surface area contributed by atoms with Gasteiger partial charge in [0.15, 0.2) is 5.82 Å².